The molecule has 0 fully saturated rings. The molecule has 1 aromatic carbocycles. The Morgan fingerprint density at radius 1 is 1.13 bits per heavy atom. The quantitative estimate of drug-likeness (QED) is 0.844. The standard InChI is InChI=1S/C11H11N3.ClH/c12-7-9-3-1-2-4-10(9)11-8-13-5-6-14-11;/h1-6,8H,7,12H2;1H. The molecule has 0 unspecified atom stereocenters. The van der Waals surface area contributed by atoms with Gasteiger partial charge in [0.1, 0.15) is 0 Å². The second kappa shape index (κ2) is 5.44. The number of halogens is 1. The molecular weight excluding hydrogens is 210 g/mol. The second-order valence-corrected chi connectivity index (χ2v) is 2.95. The summed E-state index contributed by atoms with van der Waals surface area (Å²) in [6, 6.07) is 7.96. The Kier molecular flexibility index (Phi) is 4.21. The first-order valence-corrected chi connectivity index (χ1v) is 4.46. The number of nitrogens with two attached hydrogens (primary N) is 1. The van der Waals surface area contributed by atoms with Crippen molar-refractivity contribution in [3.63, 3.8) is 0 Å². The van der Waals surface area contributed by atoms with Crippen LogP contribution in [0, 0.1) is 0 Å². The monoisotopic (exact) mass is 221 g/mol. The molecule has 2 rings (SSSR count). The normalized spacial score (nSPS) is 9.40. The zero-order valence-electron chi connectivity index (χ0n) is 8.13. The third-order valence-corrected chi connectivity index (χ3v) is 2.08. The van der Waals surface area contributed by atoms with Crippen LogP contribution in [0.2, 0.25) is 0 Å². The number of rotatable bonds is 2. The topological polar surface area (TPSA) is 51.8 Å². The summed E-state index contributed by atoms with van der Waals surface area (Å²) in [4.78, 5) is 8.27. The minimum atomic E-state index is 0. The van der Waals surface area contributed by atoms with Gasteiger partial charge >= 0.3 is 0 Å². The molecule has 1 aromatic heterocycles. The molecule has 0 bridgehead atoms. The van der Waals surface area contributed by atoms with Crippen molar-refractivity contribution in [1.29, 1.82) is 0 Å². The fourth-order valence-electron chi connectivity index (χ4n) is 1.39. The predicted molar refractivity (Wildman–Crippen MR) is 62.6 cm³/mol. The van der Waals surface area contributed by atoms with Crippen LogP contribution in [-0.2, 0) is 6.54 Å². The van der Waals surface area contributed by atoms with Gasteiger partial charge in [0, 0.05) is 24.5 Å². The van der Waals surface area contributed by atoms with Gasteiger partial charge in [0.25, 0.3) is 0 Å². The molecular formula is C11H12ClN3. The zero-order chi connectivity index (χ0) is 9.80. The Morgan fingerprint density at radius 2 is 1.93 bits per heavy atom. The first-order valence-electron chi connectivity index (χ1n) is 4.46. The largest absolute Gasteiger partial charge is 0.326 e. The summed E-state index contributed by atoms with van der Waals surface area (Å²) in [5.41, 5.74) is 8.66. The third kappa shape index (κ3) is 2.52. The van der Waals surface area contributed by atoms with E-state index >= 15 is 0 Å². The van der Waals surface area contributed by atoms with Crippen LogP contribution in [0.25, 0.3) is 11.3 Å². The van der Waals surface area contributed by atoms with Gasteiger partial charge in [0.2, 0.25) is 0 Å². The summed E-state index contributed by atoms with van der Waals surface area (Å²) in [5.74, 6) is 0. The number of hydrogen-bond acceptors (Lipinski definition) is 3. The summed E-state index contributed by atoms with van der Waals surface area (Å²) in [6.45, 7) is 0.521. The molecule has 3 nitrogen and oxygen atoms in total. The molecule has 0 aliphatic carbocycles. The molecule has 2 aromatic rings. The molecule has 4 heteroatoms. The van der Waals surface area contributed by atoms with Gasteiger partial charge in [-0.25, -0.2) is 0 Å². The van der Waals surface area contributed by atoms with E-state index in [1.54, 1.807) is 18.6 Å². The minimum Gasteiger partial charge on any atom is -0.326 e. The van der Waals surface area contributed by atoms with E-state index in [1.807, 2.05) is 24.3 Å². The molecule has 0 radical (unpaired) electrons. The van der Waals surface area contributed by atoms with Crippen LogP contribution in [0.1, 0.15) is 5.56 Å². The van der Waals surface area contributed by atoms with Crippen LogP contribution in [-0.4, -0.2) is 9.97 Å². The summed E-state index contributed by atoms with van der Waals surface area (Å²) < 4.78 is 0. The Balaban J connectivity index is 0.00000112. The van der Waals surface area contributed by atoms with Crippen LogP contribution in [0.5, 0.6) is 0 Å². The lowest BCUT2D eigenvalue weighted by molar-refractivity contribution is 1.07. The summed E-state index contributed by atoms with van der Waals surface area (Å²) in [6.07, 6.45) is 5.09. The van der Waals surface area contributed by atoms with E-state index in [4.69, 9.17) is 5.73 Å². The average Bonchev–Trinajstić information content (AvgIpc) is 2.30. The van der Waals surface area contributed by atoms with E-state index in [0.29, 0.717) is 6.54 Å². The van der Waals surface area contributed by atoms with E-state index < -0.39 is 0 Å². The first-order chi connectivity index (χ1) is 6.92. The SMILES string of the molecule is Cl.NCc1ccccc1-c1cnccn1. The van der Waals surface area contributed by atoms with Gasteiger partial charge in [-0.3, -0.25) is 9.97 Å². The average molecular weight is 222 g/mol. The fourth-order valence-corrected chi connectivity index (χ4v) is 1.39. The molecule has 0 atom stereocenters. The van der Waals surface area contributed by atoms with Crippen molar-refractivity contribution < 1.29 is 0 Å². The van der Waals surface area contributed by atoms with Gasteiger partial charge in [0.15, 0.2) is 0 Å². The molecule has 0 aliphatic heterocycles. The molecule has 0 spiro atoms. The highest BCUT2D eigenvalue weighted by Crippen LogP contribution is 2.19. The Labute approximate surface area is 94.8 Å². The lowest BCUT2D eigenvalue weighted by Crippen LogP contribution is -1.99. The maximum atomic E-state index is 5.64. The molecule has 0 aliphatic rings. The third-order valence-electron chi connectivity index (χ3n) is 2.08. The predicted octanol–water partition coefficient (Wildman–Crippen LogP) is 2.02. The van der Waals surface area contributed by atoms with Crippen LogP contribution < -0.4 is 5.73 Å². The summed E-state index contributed by atoms with van der Waals surface area (Å²) in [5, 5.41) is 0. The lowest BCUT2D eigenvalue weighted by atomic mass is 10.1. The maximum absolute atomic E-state index is 5.64. The fraction of sp³-hybridized carbons (Fsp3) is 0.0909. The highest BCUT2D eigenvalue weighted by atomic mass is 35.5. The van der Waals surface area contributed by atoms with Crippen LogP contribution in [0.4, 0.5) is 0 Å². The van der Waals surface area contributed by atoms with Crippen molar-refractivity contribution in [1.82, 2.24) is 9.97 Å². The van der Waals surface area contributed by atoms with Crippen molar-refractivity contribution in [3.05, 3.63) is 48.4 Å². The summed E-state index contributed by atoms with van der Waals surface area (Å²) >= 11 is 0. The van der Waals surface area contributed by atoms with Gasteiger partial charge in [-0.1, -0.05) is 24.3 Å². The summed E-state index contributed by atoms with van der Waals surface area (Å²) in [7, 11) is 0. The Bertz CT molecular complexity index is 417. The van der Waals surface area contributed by atoms with Crippen LogP contribution >= 0.6 is 12.4 Å². The Hall–Kier alpha value is -1.45. The van der Waals surface area contributed by atoms with Gasteiger partial charge in [0.05, 0.1) is 11.9 Å². The van der Waals surface area contributed by atoms with Crippen molar-refractivity contribution >= 4 is 12.4 Å². The minimum absolute atomic E-state index is 0. The first kappa shape index (κ1) is 11.6. The lowest BCUT2D eigenvalue weighted by Gasteiger charge is -2.05. The number of nitrogens with zero attached hydrogens (tertiary/aromatic N) is 2. The molecule has 15 heavy (non-hydrogen) atoms. The maximum Gasteiger partial charge on any atom is 0.0888 e. The zero-order valence-corrected chi connectivity index (χ0v) is 8.95. The molecule has 0 amide bonds. The van der Waals surface area contributed by atoms with E-state index in [1.165, 1.54) is 0 Å². The second-order valence-electron chi connectivity index (χ2n) is 2.95. The van der Waals surface area contributed by atoms with Crippen molar-refractivity contribution in [2.75, 3.05) is 0 Å². The van der Waals surface area contributed by atoms with E-state index in [-0.39, 0.29) is 12.4 Å². The molecule has 2 N–H and O–H groups in total. The van der Waals surface area contributed by atoms with Crippen molar-refractivity contribution in [3.8, 4) is 11.3 Å². The Morgan fingerprint density at radius 3 is 2.60 bits per heavy atom. The van der Waals surface area contributed by atoms with Crippen LogP contribution in [0.15, 0.2) is 42.9 Å². The highest BCUT2D eigenvalue weighted by Gasteiger charge is 2.02. The van der Waals surface area contributed by atoms with Crippen LogP contribution in [0.3, 0.4) is 0 Å². The van der Waals surface area contributed by atoms with E-state index in [0.717, 1.165) is 16.8 Å². The van der Waals surface area contributed by atoms with E-state index in [9.17, 15) is 0 Å². The van der Waals surface area contributed by atoms with Crippen molar-refractivity contribution in [2.45, 2.75) is 6.54 Å². The number of benzene rings is 1. The van der Waals surface area contributed by atoms with Gasteiger partial charge in [-0.2, -0.15) is 0 Å². The number of aromatic nitrogens is 2. The smallest absolute Gasteiger partial charge is 0.0888 e. The molecule has 0 saturated carbocycles. The van der Waals surface area contributed by atoms with E-state index in [2.05, 4.69) is 9.97 Å². The van der Waals surface area contributed by atoms with Gasteiger partial charge in [-0.15, -0.1) is 12.4 Å². The number of hydrogen-bond donors (Lipinski definition) is 1. The van der Waals surface area contributed by atoms with Gasteiger partial charge < -0.3 is 5.73 Å². The highest BCUT2D eigenvalue weighted by molar-refractivity contribution is 5.85. The molecule has 1 heterocycles. The van der Waals surface area contributed by atoms with Gasteiger partial charge in [-0.05, 0) is 5.56 Å². The molecule has 78 valence electrons. The van der Waals surface area contributed by atoms with Crippen molar-refractivity contribution in [2.24, 2.45) is 5.73 Å². The molecule has 0 saturated heterocycles.